The van der Waals surface area contributed by atoms with Gasteiger partial charge in [-0.05, 0) is 29.5 Å². The second-order valence-electron chi connectivity index (χ2n) is 6.15. The van der Waals surface area contributed by atoms with Crippen LogP contribution in [0.3, 0.4) is 0 Å². The van der Waals surface area contributed by atoms with E-state index in [-0.39, 0.29) is 35.4 Å². The molecular formula is C17H27ClIN3O2. The second-order valence-corrected chi connectivity index (χ2v) is 6.59. The van der Waals surface area contributed by atoms with E-state index in [2.05, 4.69) is 40.3 Å². The molecule has 0 bridgehead atoms. The number of hydrogen-bond acceptors (Lipinski definition) is 3. The first kappa shape index (κ1) is 23.0. The Balaban J connectivity index is 0.00000529. The Kier molecular flexibility index (Phi) is 11.0. The molecule has 0 aromatic heterocycles. The van der Waals surface area contributed by atoms with Crippen LogP contribution in [-0.2, 0) is 16.0 Å². The van der Waals surface area contributed by atoms with Crippen LogP contribution < -0.4 is 10.6 Å². The van der Waals surface area contributed by atoms with E-state index in [4.69, 9.17) is 11.6 Å². The van der Waals surface area contributed by atoms with Gasteiger partial charge in [-0.3, -0.25) is 9.79 Å². The lowest BCUT2D eigenvalue weighted by atomic mass is 9.86. The smallest absolute Gasteiger partial charge is 0.307 e. The van der Waals surface area contributed by atoms with Gasteiger partial charge in [-0.25, -0.2) is 0 Å². The third-order valence-electron chi connectivity index (χ3n) is 3.38. The zero-order valence-electron chi connectivity index (χ0n) is 14.7. The summed E-state index contributed by atoms with van der Waals surface area (Å²) in [6.07, 6.45) is 1.21. The predicted octanol–water partition coefficient (Wildman–Crippen LogP) is 3.25. The molecule has 2 N–H and O–H groups in total. The van der Waals surface area contributed by atoms with Crippen molar-refractivity contribution in [2.45, 2.75) is 26.7 Å². The molecule has 0 saturated heterocycles. The molecule has 1 aromatic carbocycles. The van der Waals surface area contributed by atoms with Gasteiger partial charge in [0.25, 0.3) is 0 Å². The van der Waals surface area contributed by atoms with Crippen molar-refractivity contribution in [2.24, 2.45) is 10.4 Å². The molecular weight excluding hydrogens is 441 g/mol. The van der Waals surface area contributed by atoms with E-state index >= 15 is 0 Å². The van der Waals surface area contributed by atoms with E-state index in [9.17, 15) is 4.79 Å². The molecule has 136 valence electrons. The molecule has 0 saturated carbocycles. The second kappa shape index (κ2) is 11.5. The highest BCUT2D eigenvalue weighted by Crippen LogP contribution is 2.22. The average molecular weight is 468 g/mol. The third kappa shape index (κ3) is 9.32. The number of rotatable bonds is 7. The fraction of sp³-hybridized carbons (Fsp3) is 0.529. The summed E-state index contributed by atoms with van der Waals surface area (Å²) >= 11 is 6.04. The molecule has 0 radical (unpaired) electrons. The lowest BCUT2D eigenvalue weighted by molar-refractivity contribution is -0.140. The maximum atomic E-state index is 11.1. The van der Waals surface area contributed by atoms with Crippen LogP contribution in [0.25, 0.3) is 0 Å². The van der Waals surface area contributed by atoms with Gasteiger partial charge in [-0.1, -0.05) is 37.6 Å². The first-order valence-electron chi connectivity index (χ1n) is 7.62. The fourth-order valence-electron chi connectivity index (χ4n) is 2.19. The monoisotopic (exact) mass is 467 g/mol. The zero-order valence-corrected chi connectivity index (χ0v) is 17.8. The molecule has 0 aliphatic rings. The highest BCUT2D eigenvalue weighted by atomic mass is 127. The lowest BCUT2D eigenvalue weighted by Crippen LogP contribution is -2.43. The Morgan fingerprint density at radius 1 is 1.33 bits per heavy atom. The van der Waals surface area contributed by atoms with E-state index in [1.807, 2.05) is 18.2 Å². The summed E-state index contributed by atoms with van der Waals surface area (Å²) in [5.41, 5.74) is 1.24. The minimum absolute atomic E-state index is 0. The van der Waals surface area contributed by atoms with Gasteiger partial charge in [-0.2, -0.15) is 0 Å². The van der Waals surface area contributed by atoms with Gasteiger partial charge in [0.1, 0.15) is 0 Å². The quantitative estimate of drug-likeness (QED) is 0.280. The number of halogens is 2. The summed E-state index contributed by atoms with van der Waals surface area (Å²) in [4.78, 5) is 15.3. The summed E-state index contributed by atoms with van der Waals surface area (Å²) < 4.78 is 4.61. The number of benzene rings is 1. The van der Waals surface area contributed by atoms with Crippen LogP contribution in [0.4, 0.5) is 0 Å². The number of nitrogens with zero attached hydrogens (tertiary/aromatic N) is 1. The molecule has 0 aliphatic heterocycles. The van der Waals surface area contributed by atoms with Gasteiger partial charge in [0, 0.05) is 25.2 Å². The van der Waals surface area contributed by atoms with E-state index < -0.39 is 0 Å². The van der Waals surface area contributed by atoms with Gasteiger partial charge >= 0.3 is 5.97 Å². The molecule has 5 nitrogen and oxygen atoms in total. The molecule has 0 heterocycles. The van der Waals surface area contributed by atoms with Crippen LogP contribution in [0.5, 0.6) is 0 Å². The maximum Gasteiger partial charge on any atom is 0.307 e. The highest BCUT2D eigenvalue weighted by molar-refractivity contribution is 14.0. The molecule has 1 rings (SSSR count). The topological polar surface area (TPSA) is 62.7 Å². The zero-order chi connectivity index (χ0) is 17.3. The minimum atomic E-state index is -0.241. The van der Waals surface area contributed by atoms with E-state index in [0.717, 1.165) is 18.0 Å². The van der Waals surface area contributed by atoms with Crippen molar-refractivity contribution in [3.8, 4) is 0 Å². The Labute approximate surface area is 166 Å². The van der Waals surface area contributed by atoms with E-state index in [1.165, 1.54) is 12.7 Å². The molecule has 0 atom stereocenters. The van der Waals surface area contributed by atoms with E-state index in [1.54, 1.807) is 7.05 Å². The summed E-state index contributed by atoms with van der Waals surface area (Å²) in [5.74, 6) is 0.433. The van der Waals surface area contributed by atoms with Gasteiger partial charge in [-0.15, -0.1) is 24.0 Å². The van der Waals surface area contributed by atoms with E-state index in [0.29, 0.717) is 18.9 Å². The van der Waals surface area contributed by atoms with Crippen LogP contribution in [0.1, 0.15) is 25.8 Å². The van der Waals surface area contributed by atoms with Crippen molar-refractivity contribution >= 4 is 47.5 Å². The first-order chi connectivity index (χ1) is 10.9. The normalized spacial score (nSPS) is 11.5. The van der Waals surface area contributed by atoms with Gasteiger partial charge in [0.15, 0.2) is 5.96 Å². The van der Waals surface area contributed by atoms with Crippen molar-refractivity contribution in [2.75, 3.05) is 27.2 Å². The number of carbonyl (C=O) groups excluding carboxylic acids is 1. The fourth-order valence-corrected chi connectivity index (χ4v) is 2.40. The number of nitrogens with one attached hydrogen (secondary N) is 2. The largest absolute Gasteiger partial charge is 0.469 e. The number of aliphatic imine (C=N–C) groups is 1. The molecule has 0 unspecified atom stereocenters. The number of methoxy groups -OCH3 is 1. The van der Waals surface area contributed by atoms with Gasteiger partial charge in [0.05, 0.1) is 13.5 Å². The molecule has 0 spiro atoms. The van der Waals surface area contributed by atoms with Crippen molar-refractivity contribution in [3.05, 3.63) is 34.9 Å². The SMILES string of the molecule is CN=C(NCCC(=O)OC)NCC(C)(C)Cc1cccc(Cl)c1.I. The molecule has 1 aromatic rings. The molecule has 0 amide bonds. The summed E-state index contributed by atoms with van der Waals surface area (Å²) in [6, 6.07) is 7.92. The predicted molar refractivity (Wildman–Crippen MR) is 110 cm³/mol. The third-order valence-corrected chi connectivity index (χ3v) is 3.61. The molecule has 0 aliphatic carbocycles. The standard InChI is InChI=1S/C17H26ClN3O2.HI/c1-17(2,11-13-6-5-7-14(18)10-13)12-21-16(19-3)20-9-8-15(22)23-4;/h5-7,10H,8-9,11-12H2,1-4H3,(H2,19,20,21);1H. The molecule has 0 fully saturated rings. The van der Waals surface area contributed by atoms with Crippen molar-refractivity contribution < 1.29 is 9.53 Å². The van der Waals surface area contributed by atoms with Gasteiger partial charge in [0.2, 0.25) is 0 Å². The minimum Gasteiger partial charge on any atom is -0.469 e. The Bertz CT molecular complexity index is 550. The summed E-state index contributed by atoms with van der Waals surface area (Å²) in [5, 5.41) is 7.14. The van der Waals surface area contributed by atoms with Crippen LogP contribution in [-0.4, -0.2) is 39.2 Å². The Morgan fingerprint density at radius 2 is 2.04 bits per heavy atom. The van der Waals surface area contributed by atoms with Crippen LogP contribution in [0.15, 0.2) is 29.3 Å². The summed E-state index contributed by atoms with van der Waals surface area (Å²) in [6.45, 7) is 5.60. The Morgan fingerprint density at radius 3 is 2.62 bits per heavy atom. The molecule has 24 heavy (non-hydrogen) atoms. The molecule has 7 heteroatoms. The number of guanidine groups is 1. The highest BCUT2D eigenvalue weighted by Gasteiger charge is 2.19. The lowest BCUT2D eigenvalue weighted by Gasteiger charge is -2.26. The van der Waals surface area contributed by atoms with Crippen LogP contribution >= 0.6 is 35.6 Å². The Hall–Kier alpha value is -1.02. The first-order valence-corrected chi connectivity index (χ1v) is 8.00. The van der Waals surface area contributed by atoms with Crippen molar-refractivity contribution in [1.29, 1.82) is 0 Å². The van der Waals surface area contributed by atoms with Crippen LogP contribution in [0.2, 0.25) is 5.02 Å². The number of esters is 1. The average Bonchev–Trinajstić information content (AvgIpc) is 2.49. The number of ether oxygens (including phenoxy) is 1. The van der Waals surface area contributed by atoms with Crippen molar-refractivity contribution in [1.82, 2.24) is 10.6 Å². The van der Waals surface area contributed by atoms with Crippen LogP contribution in [0, 0.1) is 5.41 Å². The number of carbonyl (C=O) groups is 1. The van der Waals surface area contributed by atoms with Crippen molar-refractivity contribution in [3.63, 3.8) is 0 Å². The summed E-state index contributed by atoms with van der Waals surface area (Å²) in [7, 11) is 3.09. The van der Waals surface area contributed by atoms with Gasteiger partial charge < -0.3 is 15.4 Å². The number of hydrogen-bond donors (Lipinski definition) is 2. The maximum absolute atomic E-state index is 11.1.